The van der Waals surface area contributed by atoms with E-state index in [-0.39, 0.29) is 0 Å². The minimum Gasteiger partial charge on any atom is -0.378 e. The van der Waals surface area contributed by atoms with Crippen LogP contribution in [0.1, 0.15) is 5.56 Å². The highest BCUT2D eigenvalue weighted by Crippen LogP contribution is 2.20. The van der Waals surface area contributed by atoms with Crippen LogP contribution in [0, 0.1) is 6.92 Å². The van der Waals surface area contributed by atoms with Gasteiger partial charge in [0.2, 0.25) is 5.96 Å². The van der Waals surface area contributed by atoms with Crippen molar-refractivity contribution in [3.63, 3.8) is 0 Å². The highest BCUT2D eigenvalue weighted by molar-refractivity contribution is 9.10. The number of aryl methyl sites for hydroxylation is 1. The molecule has 6 heteroatoms. The van der Waals surface area contributed by atoms with Crippen LogP contribution in [-0.2, 0) is 4.74 Å². The second-order valence-electron chi connectivity index (χ2n) is 5.32. The predicted molar refractivity (Wildman–Crippen MR) is 96.2 cm³/mol. The number of pyridine rings is 1. The number of anilines is 1. The van der Waals surface area contributed by atoms with Gasteiger partial charge in [-0.3, -0.25) is 0 Å². The number of aliphatic imine (C=N–C) groups is 1. The third kappa shape index (κ3) is 4.30. The lowest BCUT2D eigenvalue weighted by atomic mass is 10.3. The van der Waals surface area contributed by atoms with Crippen molar-refractivity contribution in [1.29, 1.82) is 0 Å². The highest BCUT2D eigenvalue weighted by atomic mass is 79.9. The van der Waals surface area contributed by atoms with Gasteiger partial charge >= 0.3 is 0 Å². The Labute approximate surface area is 144 Å². The molecule has 5 nitrogen and oxygen atoms in total. The van der Waals surface area contributed by atoms with E-state index in [1.807, 2.05) is 43.3 Å². The molecule has 1 aliphatic heterocycles. The van der Waals surface area contributed by atoms with Crippen LogP contribution in [0.15, 0.2) is 52.1 Å². The Morgan fingerprint density at radius 3 is 2.70 bits per heavy atom. The van der Waals surface area contributed by atoms with Crippen molar-refractivity contribution in [3.8, 4) is 0 Å². The number of rotatable bonds is 2. The molecule has 1 aromatic carbocycles. The number of aromatic nitrogens is 1. The number of benzene rings is 1. The smallest absolute Gasteiger partial charge is 0.205 e. The number of nitrogens with zero attached hydrogens (tertiary/aromatic N) is 3. The lowest BCUT2D eigenvalue weighted by Gasteiger charge is -2.30. The average molecular weight is 375 g/mol. The summed E-state index contributed by atoms with van der Waals surface area (Å²) in [7, 11) is 0. The van der Waals surface area contributed by atoms with E-state index in [1.54, 1.807) is 6.20 Å². The third-order valence-corrected chi connectivity index (χ3v) is 4.00. The molecule has 1 fully saturated rings. The molecule has 0 aliphatic carbocycles. The van der Waals surface area contributed by atoms with Gasteiger partial charge in [0.1, 0.15) is 0 Å². The van der Waals surface area contributed by atoms with E-state index in [2.05, 4.69) is 31.1 Å². The van der Waals surface area contributed by atoms with Gasteiger partial charge in [0.15, 0.2) is 5.82 Å². The SMILES string of the molecule is Cc1cc(Br)cnc1N=C(Nc1ccccc1)N1CCOCC1. The molecular formula is C17H19BrN4O. The molecule has 0 unspecified atom stereocenters. The molecule has 0 bridgehead atoms. The molecule has 3 rings (SSSR count). The molecule has 2 aromatic rings. The molecular weight excluding hydrogens is 356 g/mol. The summed E-state index contributed by atoms with van der Waals surface area (Å²) in [4.78, 5) is 11.4. The number of nitrogens with one attached hydrogen (secondary N) is 1. The normalized spacial score (nSPS) is 15.6. The van der Waals surface area contributed by atoms with Crippen LogP contribution in [0.5, 0.6) is 0 Å². The fraction of sp³-hybridized carbons (Fsp3) is 0.294. The van der Waals surface area contributed by atoms with Crippen molar-refractivity contribution in [2.75, 3.05) is 31.6 Å². The third-order valence-electron chi connectivity index (χ3n) is 3.57. The van der Waals surface area contributed by atoms with Crippen LogP contribution in [0.25, 0.3) is 0 Å². The maximum atomic E-state index is 5.44. The maximum Gasteiger partial charge on any atom is 0.205 e. The first kappa shape index (κ1) is 16.0. The first-order chi connectivity index (χ1) is 11.2. The number of halogens is 1. The van der Waals surface area contributed by atoms with Gasteiger partial charge < -0.3 is 15.0 Å². The summed E-state index contributed by atoms with van der Waals surface area (Å²) >= 11 is 3.44. The number of hydrogen-bond donors (Lipinski definition) is 1. The molecule has 0 saturated carbocycles. The van der Waals surface area contributed by atoms with Crippen LogP contribution >= 0.6 is 15.9 Å². The van der Waals surface area contributed by atoms with Crippen LogP contribution in [0.4, 0.5) is 11.5 Å². The molecule has 23 heavy (non-hydrogen) atoms. The number of ether oxygens (including phenoxy) is 1. The quantitative estimate of drug-likeness (QED) is 0.644. The van der Waals surface area contributed by atoms with Gasteiger partial charge in [0.25, 0.3) is 0 Å². The minimum atomic E-state index is 0.711. The molecule has 2 heterocycles. The van der Waals surface area contributed by atoms with Crippen LogP contribution < -0.4 is 5.32 Å². The van der Waals surface area contributed by atoms with E-state index in [0.717, 1.165) is 40.6 Å². The zero-order valence-electron chi connectivity index (χ0n) is 13.0. The van der Waals surface area contributed by atoms with Gasteiger partial charge in [-0.15, -0.1) is 0 Å². The summed E-state index contributed by atoms with van der Waals surface area (Å²) in [6.45, 7) is 5.06. The van der Waals surface area contributed by atoms with Crippen molar-refractivity contribution in [2.45, 2.75) is 6.92 Å². The molecule has 120 valence electrons. The first-order valence-electron chi connectivity index (χ1n) is 7.58. The van der Waals surface area contributed by atoms with Crippen molar-refractivity contribution >= 4 is 33.4 Å². The van der Waals surface area contributed by atoms with Crippen LogP contribution in [0.3, 0.4) is 0 Å². The molecule has 0 radical (unpaired) electrons. The largest absolute Gasteiger partial charge is 0.378 e. The molecule has 0 atom stereocenters. The van der Waals surface area contributed by atoms with E-state index in [9.17, 15) is 0 Å². The summed E-state index contributed by atoms with van der Waals surface area (Å²) in [6, 6.07) is 12.1. The molecule has 1 aromatic heterocycles. The number of guanidine groups is 1. The Balaban J connectivity index is 1.91. The van der Waals surface area contributed by atoms with E-state index in [1.165, 1.54) is 0 Å². The minimum absolute atomic E-state index is 0.711. The second kappa shape index (κ2) is 7.57. The summed E-state index contributed by atoms with van der Waals surface area (Å²) in [5.74, 6) is 1.52. The Hall–Kier alpha value is -1.92. The topological polar surface area (TPSA) is 49.8 Å². The van der Waals surface area contributed by atoms with E-state index in [4.69, 9.17) is 9.73 Å². The zero-order valence-corrected chi connectivity index (χ0v) is 14.6. The van der Waals surface area contributed by atoms with Crippen molar-refractivity contribution in [1.82, 2.24) is 9.88 Å². The van der Waals surface area contributed by atoms with Crippen molar-refractivity contribution in [3.05, 3.63) is 52.6 Å². The summed E-state index contributed by atoms with van der Waals surface area (Å²) in [5, 5.41) is 3.41. The lowest BCUT2D eigenvalue weighted by molar-refractivity contribution is 0.0680. The van der Waals surface area contributed by atoms with Crippen LogP contribution in [-0.4, -0.2) is 42.1 Å². The summed E-state index contributed by atoms with van der Waals surface area (Å²) < 4.78 is 6.40. The van der Waals surface area contributed by atoms with Gasteiger partial charge in [0.05, 0.1) is 13.2 Å². The zero-order chi connectivity index (χ0) is 16.1. The maximum absolute atomic E-state index is 5.44. The Bertz CT molecular complexity index is 684. The fourth-order valence-corrected chi connectivity index (χ4v) is 2.80. The Morgan fingerprint density at radius 2 is 2.00 bits per heavy atom. The number of hydrogen-bond acceptors (Lipinski definition) is 3. The molecule has 1 aliphatic rings. The van der Waals surface area contributed by atoms with E-state index < -0.39 is 0 Å². The Kier molecular flexibility index (Phi) is 5.25. The van der Waals surface area contributed by atoms with Gasteiger partial charge in [-0.2, -0.15) is 4.99 Å². The number of morpholine rings is 1. The average Bonchev–Trinajstić information content (AvgIpc) is 2.58. The first-order valence-corrected chi connectivity index (χ1v) is 8.37. The van der Waals surface area contributed by atoms with Gasteiger partial charge in [-0.05, 0) is 46.6 Å². The molecule has 1 saturated heterocycles. The van der Waals surface area contributed by atoms with E-state index >= 15 is 0 Å². The second-order valence-corrected chi connectivity index (χ2v) is 6.24. The summed E-state index contributed by atoms with van der Waals surface area (Å²) in [6.07, 6.45) is 1.77. The monoisotopic (exact) mass is 374 g/mol. The van der Waals surface area contributed by atoms with Crippen molar-refractivity contribution in [2.24, 2.45) is 4.99 Å². The predicted octanol–water partition coefficient (Wildman–Crippen LogP) is 3.58. The highest BCUT2D eigenvalue weighted by Gasteiger charge is 2.16. The molecule has 1 N–H and O–H groups in total. The lowest BCUT2D eigenvalue weighted by Crippen LogP contribution is -2.44. The van der Waals surface area contributed by atoms with Gasteiger partial charge in [-0.25, -0.2) is 4.98 Å². The van der Waals surface area contributed by atoms with E-state index in [0.29, 0.717) is 13.2 Å². The van der Waals surface area contributed by atoms with Crippen molar-refractivity contribution < 1.29 is 4.74 Å². The van der Waals surface area contributed by atoms with Gasteiger partial charge in [-0.1, -0.05) is 18.2 Å². The number of para-hydroxylation sites is 1. The summed E-state index contributed by atoms with van der Waals surface area (Å²) in [5.41, 5.74) is 2.03. The Morgan fingerprint density at radius 1 is 1.26 bits per heavy atom. The van der Waals surface area contributed by atoms with Crippen LogP contribution in [0.2, 0.25) is 0 Å². The van der Waals surface area contributed by atoms with Gasteiger partial charge in [0, 0.05) is 29.4 Å². The molecule has 0 spiro atoms. The molecule has 0 amide bonds. The standard InChI is InChI=1S/C17H19BrN4O/c1-13-11-14(18)12-19-16(13)21-17(22-7-9-23-10-8-22)20-15-5-3-2-4-6-15/h2-6,11-12H,7-10H2,1H3,(H,19,20,21). The fourth-order valence-electron chi connectivity index (χ4n) is 2.35.